The summed E-state index contributed by atoms with van der Waals surface area (Å²) in [6, 6.07) is 2.89. The van der Waals surface area contributed by atoms with Crippen molar-refractivity contribution in [3.63, 3.8) is 0 Å². The smallest absolute Gasteiger partial charge is 0.247 e. The van der Waals surface area contributed by atoms with Crippen molar-refractivity contribution in [2.24, 2.45) is 0 Å². The van der Waals surface area contributed by atoms with Crippen LogP contribution in [0.4, 0.5) is 0 Å². The Kier molecular flexibility index (Phi) is 1.83. The van der Waals surface area contributed by atoms with E-state index in [0.717, 1.165) is 0 Å². The van der Waals surface area contributed by atoms with Gasteiger partial charge in [-0.1, -0.05) is 0 Å². The van der Waals surface area contributed by atoms with Crippen LogP contribution >= 0.6 is 0 Å². The van der Waals surface area contributed by atoms with Crippen molar-refractivity contribution in [2.45, 2.75) is 0 Å². The third-order valence-corrected chi connectivity index (χ3v) is 2.10. The first kappa shape index (κ1) is 9.09. The molecule has 5 heteroatoms. The fourth-order valence-electron chi connectivity index (χ4n) is 1.36. The van der Waals surface area contributed by atoms with E-state index in [4.69, 9.17) is 5.26 Å². The molecule has 0 unspecified atom stereocenters. The van der Waals surface area contributed by atoms with Crippen LogP contribution in [0.15, 0.2) is 24.0 Å². The number of allylic oxidation sites excluding steroid dienone is 1. The number of hydrogen-bond acceptors (Lipinski definition) is 5. The molecule has 0 aliphatic heterocycles. The van der Waals surface area contributed by atoms with E-state index in [1.807, 2.05) is 0 Å². The maximum Gasteiger partial charge on any atom is 0.247 e. The van der Waals surface area contributed by atoms with Gasteiger partial charge in [-0.3, -0.25) is 14.6 Å². The van der Waals surface area contributed by atoms with Crippen molar-refractivity contribution in [1.29, 1.82) is 5.26 Å². The number of carbonyl (C=O) groups is 2. The molecule has 0 bridgehead atoms. The number of nitriles is 1. The SMILES string of the molecule is N#CC1=C(O)c2ccncc2C(=O)C1=O. The molecule has 1 aliphatic carbocycles. The molecule has 0 aromatic carbocycles. The maximum absolute atomic E-state index is 11.4. The van der Waals surface area contributed by atoms with Crippen molar-refractivity contribution in [3.8, 4) is 6.07 Å². The third kappa shape index (κ3) is 1.12. The minimum Gasteiger partial charge on any atom is -0.506 e. The monoisotopic (exact) mass is 200 g/mol. The Morgan fingerprint density at radius 2 is 2.00 bits per heavy atom. The average molecular weight is 200 g/mol. The number of fused-ring (bicyclic) bond motifs is 1. The molecule has 1 aliphatic rings. The van der Waals surface area contributed by atoms with Crippen molar-refractivity contribution in [2.75, 3.05) is 0 Å². The van der Waals surface area contributed by atoms with E-state index in [0.29, 0.717) is 0 Å². The molecular formula is C10H4N2O3. The summed E-state index contributed by atoms with van der Waals surface area (Å²) in [6.45, 7) is 0. The highest BCUT2D eigenvalue weighted by Crippen LogP contribution is 2.26. The van der Waals surface area contributed by atoms with Crippen molar-refractivity contribution in [1.82, 2.24) is 4.98 Å². The number of aliphatic hydroxyl groups excluding tert-OH is 1. The fraction of sp³-hybridized carbons (Fsp3) is 0. The van der Waals surface area contributed by atoms with Crippen molar-refractivity contribution in [3.05, 3.63) is 35.2 Å². The van der Waals surface area contributed by atoms with E-state index in [1.54, 1.807) is 0 Å². The van der Waals surface area contributed by atoms with E-state index in [-0.39, 0.29) is 11.1 Å². The van der Waals surface area contributed by atoms with Gasteiger partial charge in [0.25, 0.3) is 0 Å². The zero-order valence-corrected chi connectivity index (χ0v) is 7.39. The lowest BCUT2D eigenvalue weighted by Gasteiger charge is -2.12. The Morgan fingerprint density at radius 1 is 1.27 bits per heavy atom. The molecule has 15 heavy (non-hydrogen) atoms. The molecule has 0 spiro atoms. The number of aliphatic hydroxyl groups is 1. The highest BCUT2D eigenvalue weighted by atomic mass is 16.3. The fourth-order valence-corrected chi connectivity index (χ4v) is 1.36. The van der Waals surface area contributed by atoms with Crippen LogP contribution in [0.2, 0.25) is 0 Å². The van der Waals surface area contributed by atoms with Gasteiger partial charge in [-0.25, -0.2) is 0 Å². The second kappa shape index (κ2) is 3.03. The Morgan fingerprint density at radius 3 is 2.67 bits per heavy atom. The van der Waals surface area contributed by atoms with Crippen LogP contribution < -0.4 is 0 Å². The zero-order chi connectivity index (χ0) is 11.0. The summed E-state index contributed by atoms with van der Waals surface area (Å²) >= 11 is 0. The summed E-state index contributed by atoms with van der Waals surface area (Å²) < 4.78 is 0. The first-order chi connectivity index (χ1) is 7.16. The molecular weight excluding hydrogens is 196 g/mol. The second-order valence-corrected chi connectivity index (χ2v) is 2.91. The zero-order valence-electron chi connectivity index (χ0n) is 7.39. The van der Waals surface area contributed by atoms with E-state index in [2.05, 4.69) is 4.98 Å². The normalized spacial score (nSPS) is 14.9. The van der Waals surface area contributed by atoms with Gasteiger partial charge in [0.2, 0.25) is 11.6 Å². The van der Waals surface area contributed by atoms with Crippen LogP contribution in [0.1, 0.15) is 15.9 Å². The van der Waals surface area contributed by atoms with Crippen LogP contribution in [0.25, 0.3) is 5.76 Å². The Bertz CT molecular complexity index is 552. The minimum absolute atomic E-state index is 0.0269. The lowest BCUT2D eigenvalue weighted by molar-refractivity contribution is -0.111. The lowest BCUT2D eigenvalue weighted by atomic mass is 9.90. The van der Waals surface area contributed by atoms with Crippen LogP contribution in [0.3, 0.4) is 0 Å². The van der Waals surface area contributed by atoms with E-state index >= 15 is 0 Å². The molecule has 0 saturated heterocycles. The molecule has 1 N–H and O–H groups in total. The van der Waals surface area contributed by atoms with Gasteiger partial charge in [-0.05, 0) is 6.07 Å². The lowest BCUT2D eigenvalue weighted by Crippen LogP contribution is -2.23. The Hall–Kier alpha value is -2.48. The molecule has 1 heterocycles. The summed E-state index contributed by atoms with van der Waals surface area (Å²) in [7, 11) is 0. The van der Waals surface area contributed by atoms with E-state index in [9.17, 15) is 14.7 Å². The summed E-state index contributed by atoms with van der Waals surface area (Å²) in [4.78, 5) is 26.4. The van der Waals surface area contributed by atoms with Crippen molar-refractivity contribution < 1.29 is 14.7 Å². The van der Waals surface area contributed by atoms with Crippen LogP contribution in [0, 0.1) is 11.3 Å². The van der Waals surface area contributed by atoms with Gasteiger partial charge in [0.05, 0.1) is 5.56 Å². The minimum atomic E-state index is -0.990. The molecule has 1 aromatic heterocycles. The summed E-state index contributed by atoms with van der Waals surface area (Å²) in [5.74, 6) is -2.26. The first-order valence-electron chi connectivity index (χ1n) is 4.03. The quantitative estimate of drug-likeness (QED) is 0.620. The van der Waals surface area contributed by atoms with Crippen LogP contribution in [0.5, 0.6) is 0 Å². The van der Waals surface area contributed by atoms with Gasteiger partial charge in [-0.2, -0.15) is 5.26 Å². The summed E-state index contributed by atoms with van der Waals surface area (Å²) in [5.41, 5.74) is -0.316. The molecule has 0 amide bonds. The largest absolute Gasteiger partial charge is 0.506 e. The van der Waals surface area contributed by atoms with Gasteiger partial charge in [0, 0.05) is 18.0 Å². The number of rotatable bonds is 0. The van der Waals surface area contributed by atoms with E-state index in [1.165, 1.54) is 24.5 Å². The predicted molar refractivity (Wildman–Crippen MR) is 48.7 cm³/mol. The number of Topliss-reactive ketones (excluding diaryl/α,β-unsaturated/α-hetero) is 2. The molecule has 0 saturated carbocycles. The van der Waals surface area contributed by atoms with Gasteiger partial charge in [0.1, 0.15) is 17.4 Å². The number of pyridine rings is 1. The van der Waals surface area contributed by atoms with Gasteiger partial charge in [0.15, 0.2) is 0 Å². The van der Waals surface area contributed by atoms with Gasteiger partial charge < -0.3 is 5.11 Å². The molecule has 5 nitrogen and oxygen atoms in total. The summed E-state index contributed by atoms with van der Waals surface area (Å²) in [6.07, 6.45) is 2.56. The maximum atomic E-state index is 11.4. The molecule has 0 atom stereocenters. The van der Waals surface area contributed by atoms with Crippen LogP contribution in [-0.2, 0) is 4.79 Å². The molecule has 1 aromatic rings. The number of carbonyl (C=O) groups excluding carboxylic acids is 2. The highest BCUT2D eigenvalue weighted by Gasteiger charge is 2.32. The third-order valence-electron chi connectivity index (χ3n) is 2.10. The molecule has 0 radical (unpaired) electrons. The Balaban J connectivity index is 2.81. The van der Waals surface area contributed by atoms with Gasteiger partial charge >= 0.3 is 0 Å². The van der Waals surface area contributed by atoms with E-state index < -0.39 is 22.9 Å². The summed E-state index contributed by atoms with van der Waals surface area (Å²) in [5, 5.41) is 18.2. The number of aromatic nitrogens is 1. The van der Waals surface area contributed by atoms with Crippen molar-refractivity contribution >= 4 is 17.3 Å². The Labute approximate surface area is 84.3 Å². The second-order valence-electron chi connectivity index (χ2n) is 2.91. The topological polar surface area (TPSA) is 91.0 Å². The predicted octanol–water partition coefficient (Wildman–Crippen LogP) is 0.640. The average Bonchev–Trinajstić information content (AvgIpc) is 2.27. The van der Waals surface area contributed by atoms with Crippen LogP contribution in [-0.4, -0.2) is 21.7 Å². The van der Waals surface area contributed by atoms with Gasteiger partial charge in [-0.15, -0.1) is 0 Å². The number of hydrogen-bond donors (Lipinski definition) is 1. The number of nitrogens with zero attached hydrogens (tertiary/aromatic N) is 2. The highest BCUT2D eigenvalue weighted by molar-refractivity contribution is 6.53. The molecule has 0 fully saturated rings. The molecule has 72 valence electrons. The first-order valence-corrected chi connectivity index (χ1v) is 4.03. The standard InChI is InChI=1S/C10H4N2O3/c11-3-6-8(13)5-1-2-12-4-7(5)10(15)9(6)14/h1-2,4,13H. The number of ketones is 2. The molecule has 2 rings (SSSR count).